The van der Waals surface area contributed by atoms with E-state index in [0.717, 1.165) is 42.6 Å². The van der Waals surface area contributed by atoms with Crippen LogP contribution in [-0.4, -0.2) is 57.2 Å². The van der Waals surface area contributed by atoms with Gasteiger partial charge in [-0.05, 0) is 85.0 Å². The number of fused-ring (bicyclic) bond motifs is 1. The lowest BCUT2D eigenvalue weighted by Gasteiger charge is -2.36. The lowest BCUT2D eigenvalue weighted by atomic mass is 9.82. The molecule has 1 aliphatic carbocycles. The van der Waals surface area contributed by atoms with Crippen LogP contribution in [-0.2, 0) is 32.5 Å². The van der Waals surface area contributed by atoms with Crippen LogP contribution in [0.4, 0.5) is 55.5 Å². The first kappa shape index (κ1) is 36.3. The van der Waals surface area contributed by atoms with Gasteiger partial charge >= 0.3 is 24.6 Å². The van der Waals surface area contributed by atoms with E-state index < -0.39 is 65.8 Å². The van der Waals surface area contributed by atoms with E-state index in [0.29, 0.717) is 18.7 Å². The summed E-state index contributed by atoms with van der Waals surface area (Å²) in [5, 5.41) is 21.1. The van der Waals surface area contributed by atoms with E-state index in [-0.39, 0.29) is 48.3 Å². The first-order valence-electron chi connectivity index (χ1n) is 15.2. The predicted molar refractivity (Wildman–Crippen MR) is 153 cm³/mol. The molecule has 1 saturated carbocycles. The van der Waals surface area contributed by atoms with Gasteiger partial charge in [0, 0.05) is 44.5 Å². The molecule has 2 aliphatic rings. The highest BCUT2D eigenvalue weighted by Crippen LogP contribution is 2.49. The first-order chi connectivity index (χ1) is 22.8. The average molecular weight is 715 g/mol. The number of hydrogen-bond donors (Lipinski definition) is 1. The minimum Gasteiger partial charge on any atom is -0.421 e. The van der Waals surface area contributed by atoms with Crippen LogP contribution in [0.15, 0.2) is 30.3 Å². The number of hydrogen-bond acceptors (Lipinski definition) is 8. The number of rotatable bonds is 10. The van der Waals surface area contributed by atoms with Crippen LogP contribution in [0.2, 0.25) is 0 Å². The molecule has 0 saturated heterocycles. The van der Waals surface area contributed by atoms with Crippen molar-refractivity contribution in [3.05, 3.63) is 52.6 Å². The summed E-state index contributed by atoms with van der Waals surface area (Å²) in [6.45, 7) is 1.39. The molecule has 0 unspecified atom stereocenters. The molecule has 1 N–H and O–H groups in total. The number of halogens is 10. The van der Waals surface area contributed by atoms with Gasteiger partial charge in [-0.25, -0.2) is 0 Å². The molecule has 49 heavy (non-hydrogen) atoms. The quantitative estimate of drug-likeness (QED) is 0.224. The lowest BCUT2D eigenvalue weighted by molar-refractivity contribution is -0.391. The highest BCUT2D eigenvalue weighted by atomic mass is 19.4. The number of nitrogens with zero attached hydrogens (tertiary/aromatic N) is 6. The molecular weight excluding hydrogens is 682 g/mol. The van der Waals surface area contributed by atoms with E-state index in [9.17, 15) is 49.0 Å². The van der Waals surface area contributed by atoms with E-state index >= 15 is 0 Å². The summed E-state index contributed by atoms with van der Waals surface area (Å²) in [5.74, 6) is -1.47. The molecule has 19 heteroatoms. The second-order valence-electron chi connectivity index (χ2n) is 12.1. The Bertz CT molecular complexity index is 1590. The summed E-state index contributed by atoms with van der Waals surface area (Å²) in [5.41, 5.74) is -3.22. The summed E-state index contributed by atoms with van der Waals surface area (Å²) in [7, 11) is 1.36. The summed E-state index contributed by atoms with van der Waals surface area (Å²) < 4.78 is 148. The SMILES string of the molecule is CCN(C[C@H]1CC[C@H](CO)CC1)c1cc2c(cc1CN(Cc1cc(C(F)(F)F)cc(C(F)(F)F)c1)c1nnn(C)n1)OC(F)(F)C(F)(F)O2. The standard InChI is InChI=1S/C30H32F10N6O3/c1-3-45(13-17-4-6-18(16-47)7-5-17)23-12-25-24(48-29(37,38)30(39,40)49-25)10-20(23)15-46(26-41-43-44(2)42-26)14-19-8-21(27(31,32)33)11-22(9-19)28(34,35)36/h8-12,17-18,47H,3-7,13-16H2,1-2H3/t17-,18-. The summed E-state index contributed by atoms with van der Waals surface area (Å²) in [6.07, 6.45) is -17.4. The first-order valence-corrected chi connectivity index (χ1v) is 15.2. The van der Waals surface area contributed by atoms with Crippen LogP contribution < -0.4 is 19.3 Å². The number of aliphatic hydroxyl groups is 1. The fourth-order valence-corrected chi connectivity index (χ4v) is 6.01. The van der Waals surface area contributed by atoms with Crippen LogP contribution in [0.3, 0.4) is 0 Å². The molecule has 1 aliphatic heterocycles. The van der Waals surface area contributed by atoms with E-state index in [1.54, 1.807) is 11.8 Å². The number of benzene rings is 2. The molecule has 0 bridgehead atoms. The highest BCUT2D eigenvalue weighted by molar-refractivity contribution is 5.64. The van der Waals surface area contributed by atoms with Crippen molar-refractivity contribution in [3.8, 4) is 11.5 Å². The molecule has 0 radical (unpaired) electrons. The van der Waals surface area contributed by atoms with E-state index in [1.165, 1.54) is 11.9 Å². The lowest BCUT2D eigenvalue weighted by Crippen LogP contribution is -2.52. The van der Waals surface area contributed by atoms with Crippen molar-refractivity contribution in [1.29, 1.82) is 0 Å². The number of anilines is 2. The third-order valence-corrected chi connectivity index (χ3v) is 8.55. The van der Waals surface area contributed by atoms with Crippen LogP contribution >= 0.6 is 0 Å². The summed E-state index contributed by atoms with van der Waals surface area (Å²) in [6, 6.07) is 3.15. The molecule has 0 spiro atoms. The molecule has 3 aromatic rings. The van der Waals surface area contributed by atoms with Crippen LogP contribution in [0, 0.1) is 11.8 Å². The third-order valence-electron chi connectivity index (χ3n) is 8.55. The van der Waals surface area contributed by atoms with Gasteiger partial charge in [-0.2, -0.15) is 48.7 Å². The Labute approximate surface area is 273 Å². The molecule has 0 atom stereocenters. The number of tetrazole rings is 1. The minimum absolute atomic E-state index is 0.0174. The van der Waals surface area contributed by atoms with Crippen molar-refractivity contribution in [3.63, 3.8) is 0 Å². The van der Waals surface area contributed by atoms with Crippen molar-refractivity contribution in [2.75, 3.05) is 29.5 Å². The molecule has 1 fully saturated rings. The number of alkyl halides is 10. The van der Waals surface area contributed by atoms with Crippen molar-refractivity contribution in [2.45, 2.75) is 70.3 Å². The van der Waals surface area contributed by atoms with Gasteiger partial charge in [-0.15, -0.1) is 5.10 Å². The van der Waals surface area contributed by atoms with Gasteiger partial charge in [-0.1, -0.05) is 5.10 Å². The fourth-order valence-electron chi connectivity index (χ4n) is 6.01. The van der Waals surface area contributed by atoms with Crippen molar-refractivity contribution in [1.82, 2.24) is 20.2 Å². The molecule has 9 nitrogen and oxygen atoms in total. The minimum atomic E-state index is -5.13. The Morgan fingerprint density at radius 3 is 1.86 bits per heavy atom. The smallest absolute Gasteiger partial charge is 0.421 e. The summed E-state index contributed by atoms with van der Waals surface area (Å²) in [4.78, 5) is 3.94. The topological polar surface area (TPSA) is 88.8 Å². The van der Waals surface area contributed by atoms with Crippen molar-refractivity contribution in [2.24, 2.45) is 18.9 Å². The molecular formula is C30H32F10N6O3. The maximum Gasteiger partial charge on any atom is 0.507 e. The number of aryl methyl sites for hydroxylation is 1. The van der Waals surface area contributed by atoms with Crippen molar-refractivity contribution >= 4 is 11.6 Å². The van der Waals surface area contributed by atoms with Gasteiger partial charge in [0.25, 0.3) is 5.95 Å². The fraction of sp³-hybridized carbons (Fsp3) is 0.567. The maximum atomic E-state index is 14.2. The Kier molecular flexibility index (Phi) is 9.88. The highest BCUT2D eigenvalue weighted by Gasteiger charge is 2.66. The third kappa shape index (κ3) is 8.07. The second kappa shape index (κ2) is 13.4. The molecule has 1 aromatic heterocycles. The largest absolute Gasteiger partial charge is 0.507 e. The molecule has 5 rings (SSSR count). The zero-order chi connectivity index (χ0) is 35.9. The van der Waals surface area contributed by atoms with Gasteiger partial charge in [0.2, 0.25) is 0 Å². The van der Waals surface area contributed by atoms with Crippen molar-refractivity contribution < 1.29 is 58.5 Å². The second-order valence-corrected chi connectivity index (χ2v) is 12.1. The van der Waals surface area contributed by atoms with Crippen LogP contribution in [0.1, 0.15) is 54.9 Å². The molecule has 2 aromatic carbocycles. The molecule has 270 valence electrons. The molecule has 2 heterocycles. The Morgan fingerprint density at radius 1 is 0.816 bits per heavy atom. The van der Waals surface area contributed by atoms with Gasteiger partial charge < -0.3 is 24.4 Å². The molecule has 0 amide bonds. The zero-order valence-corrected chi connectivity index (χ0v) is 26.1. The van der Waals surface area contributed by atoms with Crippen LogP contribution in [0.25, 0.3) is 0 Å². The number of aliphatic hydroxyl groups excluding tert-OH is 1. The van der Waals surface area contributed by atoms with Gasteiger partial charge in [0.1, 0.15) is 0 Å². The maximum absolute atomic E-state index is 14.2. The van der Waals surface area contributed by atoms with Gasteiger partial charge in [0.15, 0.2) is 11.5 Å². The Balaban J connectivity index is 1.58. The number of ether oxygens (including phenoxy) is 2. The normalized spacial score (nSPS) is 20.3. The zero-order valence-electron chi connectivity index (χ0n) is 26.1. The Morgan fingerprint density at radius 2 is 1.37 bits per heavy atom. The predicted octanol–water partition coefficient (Wildman–Crippen LogP) is 7.04. The average Bonchev–Trinajstić information content (AvgIpc) is 3.45. The summed E-state index contributed by atoms with van der Waals surface area (Å²) >= 11 is 0. The van der Waals surface area contributed by atoms with Crippen LogP contribution in [0.5, 0.6) is 11.5 Å². The van der Waals surface area contributed by atoms with E-state index in [4.69, 9.17) is 0 Å². The Hall–Kier alpha value is -4.03. The van der Waals surface area contributed by atoms with E-state index in [2.05, 4.69) is 24.9 Å². The van der Waals surface area contributed by atoms with E-state index in [1.807, 2.05) is 0 Å². The van der Waals surface area contributed by atoms with Gasteiger partial charge in [-0.3, -0.25) is 0 Å². The van der Waals surface area contributed by atoms with Gasteiger partial charge in [0.05, 0.1) is 18.2 Å². The number of aromatic nitrogens is 4. The monoisotopic (exact) mass is 714 g/mol.